The van der Waals surface area contributed by atoms with Gasteiger partial charge in [0.25, 0.3) is 0 Å². The minimum atomic E-state index is -0.0998. The molecule has 0 spiro atoms. The second kappa shape index (κ2) is 13.4. The summed E-state index contributed by atoms with van der Waals surface area (Å²) >= 11 is 3.81. The highest BCUT2D eigenvalue weighted by atomic mass is 32.2. The zero-order valence-electron chi connectivity index (χ0n) is 34.4. The van der Waals surface area contributed by atoms with Gasteiger partial charge in [0.1, 0.15) is 0 Å². The monoisotopic (exact) mass is 795 g/mol. The first-order valence-corrected chi connectivity index (χ1v) is 22.3. The van der Waals surface area contributed by atoms with E-state index in [1.165, 1.54) is 102 Å². The molecule has 0 amide bonds. The van der Waals surface area contributed by atoms with Crippen molar-refractivity contribution < 1.29 is 0 Å². The molecule has 8 aromatic carbocycles. The quantitative estimate of drug-likeness (QED) is 0.160. The van der Waals surface area contributed by atoms with E-state index in [9.17, 15) is 0 Å². The smallest absolute Gasteiger partial charge is 0.0468 e. The number of anilines is 3. The summed E-state index contributed by atoms with van der Waals surface area (Å²) in [5.74, 6) is 0. The van der Waals surface area contributed by atoms with Gasteiger partial charge in [-0.05, 0) is 152 Å². The Morgan fingerprint density at radius 1 is 0.458 bits per heavy atom. The number of nitrogens with zero attached hydrogens (tertiary/aromatic N) is 1. The summed E-state index contributed by atoms with van der Waals surface area (Å²) in [4.78, 5) is 7.86. The van der Waals surface area contributed by atoms with Gasteiger partial charge in [-0.15, -0.1) is 0 Å². The number of hydrogen-bond acceptors (Lipinski definition) is 3. The lowest BCUT2D eigenvalue weighted by atomic mass is 9.81. The summed E-state index contributed by atoms with van der Waals surface area (Å²) in [6, 6.07) is 57.3. The minimum absolute atomic E-state index is 0.0684. The van der Waals surface area contributed by atoms with Crippen molar-refractivity contribution >= 4 is 67.7 Å². The molecule has 0 N–H and O–H groups in total. The lowest BCUT2D eigenvalue weighted by Crippen LogP contribution is -2.17. The summed E-state index contributed by atoms with van der Waals surface area (Å²) < 4.78 is 0. The Bertz CT molecular complexity index is 3130. The molecule has 0 radical (unpaired) electrons. The highest BCUT2D eigenvalue weighted by Crippen LogP contribution is 2.56. The third kappa shape index (κ3) is 5.62. The van der Waals surface area contributed by atoms with Crippen molar-refractivity contribution in [3.63, 3.8) is 0 Å². The van der Waals surface area contributed by atoms with Gasteiger partial charge in [-0.2, -0.15) is 0 Å². The molecule has 0 saturated heterocycles. The van der Waals surface area contributed by atoms with Gasteiger partial charge >= 0.3 is 0 Å². The van der Waals surface area contributed by atoms with Crippen LogP contribution in [0.25, 0.3) is 49.4 Å². The maximum atomic E-state index is 2.47. The Morgan fingerprint density at radius 3 is 1.83 bits per heavy atom. The second-order valence-electron chi connectivity index (χ2n) is 17.3. The molecule has 11 rings (SSSR count). The van der Waals surface area contributed by atoms with Crippen LogP contribution in [0.5, 0.6) is 0 Å². The molecule has 286 valence electrons. The molecule has 3 heteroatoms. The van der Waals surface area contributed by atoms with Crippen molar-refractivity contribution in [3.05, 3.63) is 192 Å². The van der Waals surface area contributed by atoms with E-state index in [1.807, 2.05) is 23.5 Å². The van der Waals surface area contributed by atoms with E-state index < -0.39 is 0 Å². The predicted molar refractivity (Wildman–Crippen MR) is 254 cm³/mol. The van der Waals surface area contributed by atoms with Crippen molar-refractivity contribution in [2.24, 2.45) is 0 Å². The largest absolute Gasteiger partial charge is 0.310 e. The molecule has 0 fully saturated rings. The van der Waals surface area contributed by atoms with Crippen LogP contribution in [0.1, 0.15) is 63.8 Å². The highest BCUT2D eigenvalue weighted by molar-refractivity contribution is 8.05. The molecule has 0 unspecified atom stereocenters. The molecule has 8 aromatic rings. The van der Waals surface area contributed by atoms with Gasteiger partial charge in [0, 0.05) is 47.5 Å². The fourth-order valence-electron chi connectivity index (χ4n) is 9.87. The zero-order chi connectivity index (χ0) is 40.2. The average molecular weight is 796 g/mol. The molecule has 0 atom stereocenters. The maximum Gasteiger partial charge on any atom is 0.0468 e. The maximum absolute atomic E-state index is 2.47. The lowest BCUT2D eigenvalue weighted by molar-refractivity contribution is 0.639. The number of rotatable bonds is 5. The van der Waals surface area contributed by atoms with Gasteiger partial charge in [-0.25, -0.2) is 0 Å². The minimum Gasteiger partial charge on any atom is -0.310 e. The summed E-state index contributed by atoms with van der Waals surface area (Å²) in [6.45, 7) is 13.9. The van der Waals surface area contributed by atoms with Gasteiger partial charge in [0.2, 0.25) is 0 Å². The Kier molecular flexibility index (Phi) is 8.25. The predicted octanol–water partition coefficient (Wildman–Crippen LogP) is 16.7. The van der Waals surface area contributed by atoms with E-state index in [-0.39, 0.29) is 10.8 Å². The number of allylic oxidation sites excluding steroid dienone is 4. The fourth-order valence-corrected chi connectivity index (χ4v) is 12.1. The average Bonchev–Trinajstić information content (AvgIpc) is 3.59. The number of hydrogen-bond donors (Lipinski definition) is 0. The van der Waals surface area contributed by atoms with E-state index in [0.717, 1.165) is 11.4 Å². The summed E-state index contributed by atoms with van der Waals surface area (Å²) in [6.07, 6.45) is 4.44. The highest BCUT2D eigenvalue weighted by Gasteiger charge is 2.38. The van der Waals surface area contributed by atoms with Gasteiger partial charge < -0.3 is 4.90 Å². The molecule has 1 nitrogen and oxygen atoms in total. The molecule has 1 aliphatic heterocycles. The zero-order valence-corrected chi connectivity index (χ0v) is 36.0. The SMILES string of the molecule is C/C=C\C1=C(C)C(C)(C)c2cc(N(c3ccc(-c4ccc5c(c4)C(C)(C)c4cc6c(cc4-5)Sc4ccccc4S6)cc3)c3ccc4c(ccc5ccccc54)c3)ccc21. The Morgan fingerprint density at radius 2 is 1.05 bits per heavy atom. The first-order chi connectivity index (χ1) is 28.6. The topological polar surface area (TPSA) is 3.24 Å². The van der Waals surface area contributed by atoms with E-state index in [2.05, 4.69) is 210 Å². The molecular weight excluding hydrogens is 751 g/mol. The van der Waals surface area contributed by atoms with Gasteiger partial charge in [0.05, 0.1) is 0 Å². The number of fused-ring (bicyclic) bond motifs is 9. The van der Waals surface area contributed by atoms with E-state index in [4.69, 9.17) is 0 Å². The third-order valence-corrected chi connectivity index (χ3v) is 15.9. The Hall–Kier alpha value is -5.74. The summed E-state index contributed by atoms with van der Waals surface area (Å²) in [5, 5.41) is 5.06. The molecule has 0 aromatic heterocycles. The van der Waals surface area contributed by atoms with E-state index in [0.29, 0.717) is 0 Å². The van der Waals surface area contributed by atoms with E-state index >= 15 is 0 Å². The van der Waals surface area contributed by atoms with Crippen molar-refractivity contribution in [2.75, 3.05) is 4.90 Å². The van der Waals surface area contributed by atoms with E-state index in [1.54, 1.807) is 0 Å². The lowest BCUT2D eigenvalue weighted by Gasteiger charge is -2.29. The van der Waals surface area contributed by atoms with Crippen LogP contribution in [-0.2, 0) is 10.8 Å². The summed E-state index contributed by atoms with van der Waals surface area (Å²) in [7, 11) is 0. The Balaban J connectivity index is 0.987. The third-order valence-electron chi connectivity index (χ3n) is 13.4. The Labute approximate surface area is 356 Å². The standard InChI is InChI=1S/C56H45NS2/c1-7-12-42-34(2)55(3,4)49-31-41(25-28-45(42)49)57(40-24-27-44-38(29-40)18-17-36-13-8-9-14-43(36)44)39-22-19-35(20-23-39)37-21-26-46-47-32-53-54(33-50(47)56(5,6)48(46)30-37)59-52-16-11-10-15-51(52)58-53/h7-33H,1-6H3/b12-7-. The molecule has 0 saturated carbocycles. The molecular formula is C56H45NS2. The van der Waals surface area contributed by atoms with Crippen LogP contribution in [0, 0.1) is 0 Å². The van der Waals surface area contributed by atoms with Gasteiger partial charge in [0.15, 0.2) is 0 Å². The van der Waals surface area contributed by atoms with Gasteiger partial charge in [-0.3, -0.25) is 0 Å². The number of benzene rings is 8. The first-order valence-electron chi connectivity index (χ1n) is 20.7. The van der Waals surface area contributed by atoms with Crippen LogP contribution in [0.15, 0.2) is 189 Å². The fraction of sp³-hybridized carbons (Fsp3) is 0.143. The normalized spacial score (nSPS) is 15.6. The van der Waals surface area contributed by atoms with Crippen molar-refractivity contribution in [1.82, 2.24) is 0 Å². The molecule has 59 heavy (non-hydrogen) atoms. The van der Waals surface area contributed by atoms with Crippen LogP contribution in [0.4, 0.5) is 17.1 Å². The molecule has 0 bridgehead atoms. The van der Waals surface area contributed by atoms with Crippen molar-refractivity contribution in [1.29, 1.82) is 0 Å². The van der Waals surface area contributed by atoms with Crippen LogP contribution < -0.4 is 4.90 Å². The van der Waals surface area contributed by atoms with Crippen LogP contribution >= 0.6 is 23.5 Å². The second-order valence-corrected chi connectivity index (χ2v) is 19.5. The summed E-state index contributed by atoms with van der Waals surface area (Å²) in [5.41, 5.74) is 16.8. The van der Waals surface area contributed by atoms with Crippen molar-refractivity contribution in [2.45, 2.75) is 72.0 Å². The van der Waals surface area contributed by atoms with Gasteiger partial charge in [-0.1, -0.05) is 154 Å². The molecule has 2 aliphatic carbocycles. The van der Waals surface area contributed by atoms with Crippen LogP contribution in [0.2, 0.25) is 0 Å². The first kappa shape index (κ1) is 36.3. The van der Waals surface area contributed by atoms with Crippen LogP contribution in [0.3, 0.4) is 0 Å². The van der Waals surface area contributed by atoms with Crippen LogP contribution in [-0.4, -0.2) is 0 Å². The molecule has 1 heterocycles. The van der Waals surface area contributed by atoms with Crippen molar-refractivity contribution in [3.8, 4) is 22.3 Å². The molecule has 3 aliphatic rings.